The molecule has 1 aliphatic heterocycles. The third-order valence-electron chi connectivity index (χ3n) is 6.10. The van der Waals surface area contributed by atoms with E-state index in [1.165, 1.54) is 4.70 Å². The minimum Gasteiger partial charge on any atom is -0.340 e. The van der Waals surface area contributed by atoms with Crippen molar-refractivity contribution in [3.63, 3.8) is 0 Å². The summed E-state index contributed by atoms with van der Waals surface area (Å²) in [6.07, 6.45) is 2.87. The van der Waals surface area contributed by atoms with Crippen molar-refractivity contribution in [2.45, 2.75) is 45.2 Å². The number of hydrogen-bond acceptors (Lipinski definition) is 4. The second-order valence-electron chi connectivity index (χ2n) is 8.21. The zero-order valence-electron chi connectivity index (χ0n) is 17.7. The molecule has 160 valence electrons. The van der Waals surface area contributed by atoms with E-state index in [0.29, 0.717) is 13.1 Å². The van der Waals surface area contributed by atoms with Crippen LogP contribution >= 0.6 is 11.3 Å². The predicted octanol–water partition coefficient (Wildman–Crippen LogP) is 4.23. The first-order chi connectivity index (χ1) is 15.2. The van der Waals surface area contributed by atoms with Gasteiger partial charge in [0.05, 0.1) is 26.3 Å². The van der Waals surface area contributed by atoms with Crippen LogP contribution in [-0.2, 0) is 17.9 Å². The normalized spacial score (nSPS) is 16.9. The molecular weight excluding hydrogens is 408 g/mol. The number of amides is 1. The van der Waals surface area contributed by atoms with Crippen molar-refractivity contribution in [3.05, 3.63) is 64.0 Å². The number of aryl methyl sites for hydroxylation is 1. The summed E-state index contributed by atoms with van der Waals surface area (Å²) in [4.78, 5) is 33.0. The van der Waals surface area contributed by atoms with Gasteiger partial charge in [-0.05, 0) is 43.5 Å². The maximum absolute atomic E-state index is 13.2. The Bertz CT molecular complexity index is 1270. The van der Waals surface area contributed by atoms with Crippen molar-refractivity contribution in [2.24, 2.45) is 0 Å². The summed E-state index contributed by atoms with van der Waals surface area (Å²) in [6.45, 7) is 4.20. The largest absolute Gasteiger partial charge is 0.340 e. The first-order valence-corrected chi connectivity index (χ1v) is 11.8. The molecule has 6 nitrogen and oxygen atoms in total. The highest BCUT2D eigenvalue weighted by molar-refractivity contribution is 7.18. The van der Waals surface area contributed by atoms with E-state index in [-0.39, 0.29) is 24.1 Å². The Balaban J connectivity index is 1.38. The topological polar surface area (TPSA) is 60.1 Å². The molecule has 4 aromatic rings. The molecule has 3 heterocycles. The Hall–Kier alpha value is -2.93. The van der Waals surface area contributed by atoms with Gasteiger partial charge in [-0.25, -0.2) is 9.78 Å². The lowest BCUT2D eigenvalue weighted by molar-refractivity contribution is -0.133. The molecule has 2 aromatic carbocycles. The zero-order chi connectivity index (χ0) is 21.4. The Morgan fingerprint density at radius 3 is 2.61 bits per heavy atom. The van der Waals surface area contributed by atoms with Gasteiger partial charge in [0.1, 0.15) is 6.54 Å². The van der Waals surface area contributed by atoms with Crippen molar-refractivity contribution in [2.75, 3.05) is 13.1 Å². The van der Waals surface area contributed by atoms with Crippen LogP contribution in [0.1, 0.15) is 37.1 Å². The number of carbonyl (C=O) groups excluding carboxylic acids is 1. The van der Waals surface area contributed by atoms with E-state index in [4.69, 9.17) is 4.98 Å². The molecule has 0 bridgehead atoms. The molecule has 2 aromatic heterocycles. The molecule has 0 radical (unpaired) electrons. The molecule has 0 spiro atoms. The maximum atomic E-state index is 13.2. The van der Waals surface area contributed by atoms with Crippen LogP contribution in [0.4, 0.5) is 0 Å². The fourth-order valence-corrected chi connectivity index (χ4v) is 5.66. The van der Waals surface area contributed by atoms with Gasteiger partial charge in [-0.1, -0.05) is 31.2 Å². The summed E-state index contributed by atoms with van der Waals surface area (Å²) in [5.74, 6) is 0.264. The highest BCUT2D eigenvalue weighted by Crippen LogP contribution is 2.33. The lowest BCUT2D eigenvalue weighted by Gasteiger charge is -2.32. The second-order valence-corrected chi connectivity index (χ2v) is 9.27. The molecule has 0 N–H and O–H groups in total. The van der Waals surface area contributed by atoms with Crippen LogP contribution in [0, 0.1) is 0 Å². The number of aromatic nitrogens is 3. The van der Waals surface area contributed by atoms with Crippen LogP contribution in [0.3, 0.4) is 0 Å². The quantitative estimate of drug-likeness (QED) is 0.472. The third kappa shape index (κ3) is 3.67. The van der Waals surface area contributed by atoms with Gasteiger partial charge in [-0.3, -0.25) is 13.9 Å². The molecule has 5 rings (SSSR count). The van der Waals surface area contributed by atoms with E-state index in [0.717, 1.165) is 47.4 Å². The molecule has 1 amide bonds. The number of likely N-dealkylation sites (tertiary alicyclic amines) is 1. The maximum Gasteiger partial charge on any atom is 0.329 e. The average Bonchev–Trinajstić information content (AvgIpc) is 3.35. The van der Waals surface area contributed by atoms with Crippen molar-refractivity contribution in [1.29, 1.82) is 0 Å². The van der Waals surface area contributed by atoms with Crippen LogP contribution in [0.2, 0.25) is 0 Å². The highest BCUT2D eigenvalue weighted by Gasteiger charge is 2.28. The molecule has 7 heteroatoms. The summed E-state index contributed by atoms with van der Waals surface area (Å²) >= 11 is 1.73. The molecule has 0 aliphatic carbocycles. The van der Waals surface area contributed by atoms with E-state index in [2.05, 4.69) is 13.0 Å². The summed E-state index contributed by atoms with van der Waals surface area (Å²) in [7, 11) is 0. The van der Waals surface area contributed by atoms with Gasteiger partial charge in [0.15, 0.2) is 0 Å². The van der Waals surface area contributed by atoms with Gasteiger partial charge in [0.2, 0.25) is 5.91 Å². The molecule has 1 atom stereocenters. The lowest BCUT2D eigenvalue weighted by atomic mass is 9.98. The van der Waals surface area contributed by atoms with Gasteiger partial charge in [0, 0.05) is 25.6 Å². The zero-order valence-corrected chi connectivity index (χ0v) is 18.5. The van der Waals surface area contributed by atoms with E-state index in [1.54, 1.807) is 20.5 Å². The number of hydrogen-bond donors (Lipinski definition) is 0. The molecule has 0 saturated carbocycles. The van der Waals surface area contributed by atoms with E-state index in [1.807, 2.05) is 47.4 Å². The molecule has 1 aliphatic rings. The monoisotopic (exact) mass is 434 g/mol. The highest BCUT2D eigenvalue weighted by atomic mass is 32.1. The van der Waals surface area contributed by atoms with E-state index in [9.17, 15) is 9.59 Å². The number of nitrogens with zero attached hydrogens (tertiary/aromatic N) is 4. The summed E-state index contributed by atoms with van der Waals surface area (Å²) in [5, 5.41) is 1.11. The number of fused-ring (bicyclic) bond motifs is 2. The first-order valence-electron chi connectivity index (χ1n) is 11.0. The number of carbonyl (C=O) groups is 1. The van der Waals surface area contributed by atoms with Gasteiger partial charge in [-0.15, -0.1) is 11.3 Å². The van der Waals surface area contributed by atoms with E-state index < -0.39 is 0 Å². The Labute approximate surface area is 184 Å². The van der Waals surface area contributed by atoms with Crippen LogP contribution in [-0.4, -0.2) is 38.0 Å². The predicted molar refractivity (Wildman–Crippen MR) is 125 cm³/mol. The average molecular weight is 435 g/mol. The number of rotatable bonds is 5. The van der Waals surface area contributed by atoms with Crippen molar-refractivity contribution in [1.82, 2.24) is 19.0 Å². The smallest absolute Gasteiger partial charge is 0.329 e. The van der Waals surface area contributed by atoms with Gasteiger partial charge < -0.3 is 4.90 Å². The van der Waals surface area contributed by atoms with E-state index >= 15 is 0 Å². The van der Waals surface area contributed by atoms with Crippen LogP contribution in [0.5, 0.6) is 0 Å². The number of para-hydroxylation sites is 3. The van der Waals surface area contributed by atoms with Gasteiger partial charge >= 0.3 is 5.69 Å². The van der Waals surface area contributed by atoms with Crippen molar-refractivity contribution >= 4 is 38.5 Å². The van der Waals surface area contributed by atoms with Crippen LogP contribution < -0.4 is 5.69 Å². The molecule has 1 unspecified atom stereocenters. The Morgan fingerprint density at radius 2 is 1.84 bits per heavy atom. The summed E-state index contributed by atoms with van der Waals surface area (Å²) in [5.41, 5.74) is 2.65. The Morgan fingerprint density at radius 1 is 1.10 bits per heavy atom. The minimum absolute atomic E-state index is 0.00677. The fourth-order valence-electron chi connectivity index (χ4n) is 4.57. The summed E-state index contributed by atoms with van der Waals surface area (Å²) in [6, 6.07) is 15.9. The lowest BCUT2D eigenvalue weighted by Crippen LogP contribution is -2.42. The number of piperidine rings is 1. The SMILES string of the molecule is CCCn1c(=O)n(CC(=O)N2CCCC(c3nc4ccccc4s3)C2)c2ccccc21. The standard InChI is InChI=1S/C24H26N4O2S/c1-2-13-27-19-10-4-5-11-20(19)28(24(27)30)16-22(29)26-14-7-8-17(15-26)23-25-18-9-3-6-12-21(18)31-23/h3-6,9-12,17H,2,7-8,13-16H2,1H3. The van der Waals surface area contributed by atoms with Crippen molar-refractivity contribution in [3.8, 4) is 0 Å². The molecule has 1 saturated heterocycles. The first kappa shape index (κ1) is 20.0. The van der Waals surface area contributed by atoms with Gasteiger partial charge in [-0.2, -0.15) is 0 Å². The molecule has 31 heavy (non-hydrogen) atoms. The van der Waals surface area contributed by atoms with Crippen molar-refractivity contribution < 1.29 is 4.79 Å². The van der Waals surface area contributed by atoms with Crippen LogP contribution in [0.25, 0.3) is 21.3 Å². The number of thiazole rings is 1. The molecule has 1 fully saturated rings. The minimum atomic E-state index is -0.101. The Kier molecular flexibility index (Phi) is 5.36. The van der Waals surface area contributed by atoms with Gasteiger partial charge in [0.25, 0.3) is 0 Å². The summed E-state index contributed by atoms with van der Waals surface area (Å²) < 4.78 is 4.61. The second kappa shape index (κ2) is 8.30. The number of benzene rings is 2. The fraction of sp³-hybridized carbons (Fsp3) is 0.375. The van der Waals surface area contributed by atoms with Crippen LogP contribution in [0.15, 0.2) is 53.3 Å². The number of imidazole rings is 1. The molecular formula is C24H26N4O2S. The third-order valence-corrected chi connectivity index (χ3v) is 7.30.